The molecule has 0 radical (unpaired) electrons. The average Bonchev–Trinajstić information content (AvgIpc) is 2.73. The molecule has 0 unspecified atom stereocenters. The van der Waals surface area contributed by atoms with Gasteiger partial charge in [0.25, 0.3) is 0 Å². The number of benzene rings is 1. The molecule has 1 aromatic rings. The lowest BCUT2D eigenvalue weighted by Gasteiger charge is -2.18. The molecule has 1 aromatic carbocycles. The van der Waals surface area contributed by atoms with Gasteiger partial charge in [-0.1, -0.05) is 30.3 Å². The minimum atomic E-state index is -0.316. The summed E-state index contributed by atoms with van der Waals surface area (Å²) in [4.78, 5) is 22.2. The number of carbonyl (C=O) groups is 1. The molecule has 2 atom stereocenters. The molecule has 1 aliphatic rings. The second-order valence-corrected chi connectivity index (χ2v) is 4.50. The maximum atomic E-state index is 11.7. The summed E-state index contributed by atoms with van der Waals surface area (Å²) < 4.78 is 0. The van der Waals surface area contributed by atoms with E-state index in [0.717, 1.165) is 18.4 Å². The van der Waals surface area contributed by atoms with Crippen LogP contribution in [0.2, 0.25) is 0 Å². The summed E-state index contributed by atoms with van der Waals surface area (Å²) in [5, 5.41) is 10.7. The van der Waals surface area contributed by atoms with Gasteiger partial charge in [-0.2, -0.15) is 0 Å². The van der Waals surface area contributed by atoms with E-state index in [-0.39, 0.29) is 29.1 Å². The third-order valence-corrected chi connectivity index (χ3v) is 3.41. The summed E-state index contributed by atoms with van der Waals surface area (Å²) in [5.41, 5.74) is 0.907. The summed E-state index contributed by atoms with van der Waals surface area (Å²) in [6.07, 6.45) is 2.22. The number of ketones is 1. The summed E-state index contributed by atoms with van der Waals surface area (Å²) in [5.74, 6) is -0.246. The topological polar surface area (TPSA) is 60.2 Å². The molecule has 0 N–H and O–H groups in total. The van der Waals surface area contributed by atoms with Crippen molar-refractivity contribution in [1.29, 1.82) is 0 Å². The van der Waals surface area contributed by atoms with Crippen LogP contribution in [-0.4, -0.2) is 17.3 Å². The van der Waals surface area contributed by atoms with E-state index in [1.54, 1.807) is 0 Å². The lowest BCUT2D eigenvalue weighted by molar-refractivity contribution is -0.484. The molecule has 0 spiro atoms. The number of hydrogen-bond donors (Lipinski definition) is 0. The van der Waals surface area contributed by atoms with Crippen molar-refractivity contribution in [3.05, 3.63) is 46.0 Å². The molecule has 4 nitrogen and oxygen atoms in total. The van der Waals surface area contributed by atoms with Crippen LogP contribution in [0.15, 0.2) is 30.3 Å². The Morgan fingerprint density at radius 1 is 1.35 bits per heavy atom. The van der Waals surface area contributed by atoms with Gasteiger partial charge in [-0.25, -0.2) is 0 Å². The van der Waals surface area contributed by atoms with Crippen LogP contribution in [0.4, 0.5) is 0 Å². The van der Waals surface area contributed by atoms with Crippen molar-refractivity contribution in [2.45, 2.75) is 25.2 Å². The van der Waals surface area contributed by atoms with Crippen LogP contribution in [0, 0.1) is 16.0 Å². The van der Waals surface area contributed by atoms with E-state index >= 15 is 0 Å². The number of nitrogens with zero attached hydrogens (tertiary/aromatic N) is 1. The predicted octanol–water partition coefficient (Wildman–Crippen LogP) is 2.42. The molecule has 0 bridgehead atoms. The van der Waals surface area contributed by atoms with Crippen LogP contribution in [0.5, 0.6) is 0 Å². The fraction of sp³-hybridized carbons (Fsp3) is 0.462. The Bertz CT molecular complexity index is 416. The van der Waals surface area contributed by atoms with Crippen molar-refractivity contribution in [3.8, 4) is 0 Å². The van der Waals surface area contributed by atoms with Crippen LogP contribution in [0.1, 0.15) is 30.7 Å². The van der Waals surface area contributed by atoms with Crippen molar-refractivity contribution >= 4 is 5.78 Å². The van der Waals surface area contributed by atoms with Crippen LogP contribution in [-0.2, 0) is 4.79 Å². The van der Waals surface area contributed by atoms with Gasteiger partial charge in [-0.15, -0.1) is 0 Å². The highest BCUT2D eigenvalue weighted by molar-refractivity contribution is 5.83. The SMILES string of the molecule is O=C1CCC[C@@H]1[C@@H](C[N+](=O)[O-])c1ccccc1. The highest BCUT2D eigenvalue weighted by atomic mass is 16.6. The summed E-state index contributed by atoms with van der Waals surface area (Å²) >= 11 is 0. The average molecular weight is 233 g/mol. The minimum Gasteiger partial charge on any atom is -0.299 e. The normalized spacial score (nSPS) is 21.4. The maximum absolute atomic E-state index is 11.7. The molecule has 0 aromatic heterocycles. The molecule has 2 rings (SSSR count). The summed E-state index contributed by atoms with van der Waals surface area (Å²) in [6, 6.07) is 9.35. The first-order valence-corrected chi connectivity index (χ1v) is 5.88. The number of carbonyl (C=O) groups excluding carboxylic acids is 1. The molecule has 1 aliphatic carbocycles. The van der Waals surface area contributed by atoms with E-state index in [0.29, 0.717) is 6.42 Å². The van der Waals surface area contributed by atoms with Gasteiger partial charge < -0.3 is 0 Å². The van der Waals surface area contributed by atoms with Gasteiger partial charge in [0.2, 0.25) is 6.54 Å². The van der Waals surface area contributed by atoms with Gasteiger partial charge >= 0.3 is 0 Å². The Morgan fingerprint density at radius 2 is 2.06 bits per heavy atom. The van der Waals surface area contributed by atoms with Crippen LogP contribution < -0.4 is 0 Å². The van der Waals surface area contributed by atoms with Gasteiger partial charge in [-0.05, 0) is 18.4 Å². The lowest BCUT2D eigenvalue weighted by atomic mass is 9.84. The molecule has 1 fully saturated rings. The molecule has 0 aliphatic heterocycles. The second kappa shape index (κ2) is 5.08. The first-order valence-electron chi connectivity index (χ1n) is 5.88. The van der Waals surface area contributed by atoms with E-state index < -0.39 is 0 Å². The van der Waals surface area contributed by atoms with Crippen LogP contribution >= 0.6 is 0 Å². The molecular formula is C13H15NO3. The van der Waals surface area contributed by atoms with Gasteiger partial charge in [-0.3, -0.25) is 14.9 Å². The Morgan fingerprint density at radius 3 is 2.59 bits per heavy atom. The Hall–Kier alpha value is -1.71. The Labute approximate surface area is 99.8 Å². The molecule has 0 saturated heterocycles. The molecule has 90 valence electrons. The quantitative estimate of drug-likeness (QED) is 0.592. The van der Waals surface area contributed by atoms with E-state index in [1.165, 1.54) is 0 Å². The zero-order valence-corrected chi connectivity index (χ0v) is 9.54. The molecule has 4 heteroatoms. The molecule has 0 heterocycles. The van der Waals surface area contributed by atoms with Gasteiger partial charge in [0, 0.05) is 17.3 Å². The van der Waals surface area contributed by atoms with Crippen molar-refractivity contribution in [2.24, 2.45) is 5.92 Å². The first-order chi connectivity index (χ1) is 8.18. The predicted molar refractivity (Wildman–Crippen MR) is 63.4 cm³/mol. The number of hydrogen-bond acceptors (Lipinski definition) is 3. The van der Waals surface area contributed by atoms with E-state index in [4.69, 9.17) is 0 Å². The molecule has 0 amide bonds. The van der Waals surface area contributed by atoms with Crippen molar-refractivity contribution < 1.29 is 9.72 Å². The van der Waals surface area contributed by atoms with Gasteiger partial charge in [0.05, 0.1) is 5.92 Å². The zero-order chi connectivity index (χ0) is 12.3. The lowest BCUT2D eigenvalue weighted by Crippen LogP contribution is -2.24. The first kappa shape index (κ1) is 11.8. The number of nitro groups is 1. The highest BCUT2D eigenvalue weighted by Gasteiger charge is 2.35. The summed E-state index contributed by atoms with van der Waals surface area (Å²) in [7, 11) is 0. The standard InChI is InChI=1S/C13H15NO3/c15-13-8-4-7-11(13)12(9-14(16)17)10-5-2-1-3-6-10/h1-3,5-6,11-12H,4,7-9H2/t11-,12+/m1/s1. The van der Waals surface area contributed by atoms with E-state index in [2.05, 4.69) is 0 Å². The van der Waals surface area contributed by atoms with Crippen molar-refractivity contribution in [2.75, 3.05) is 6.54 Å². The third-order valence-electron chi connectivity index (χ3n) is 3.41. The second-order valence-electron chi connectivity index (χ2n) is 4.50. The van der Waals surface area contributed by atoms with E-state index in [1.807, 2.05) is 30.3 Å². The minimum absolute atomic E-state index is 0.152. The summed E-state index contributed by atoms with van der Waals surface area (Å²) in [6.45, 7) is -0.152. The van der Waals surface area contributed by atoms with Crippen LogP contribution in [0.25, 0.3) is 0 Å². The third kappa shape index (κ3) is 2.70. The fourth-order valence-corrected chi connectivity index (χ4v) is 2.59. The Kier molecular flexibility index (Phi) is 3.52. The van der Waals surface area contributed by atoms with Crippen molar-refractivity contribution in [3.63, 3.8) is 0 Å². The zero-order valence-electron chi connectivity index (χ0n) is 9.54. The van der Waals surface area contributed by atoms with Crippen LogP contribution in [0.3, 0.4) is 0 Å². The van der Waals surface area contributed by atoms with E-state index in [9.17, 15) is 14.9 Å². The van der Waals surface area contributed by atoms with Gasteiger partial charge in [0.15, 0.2) is 0 Å². The largest absolute Gasteiger partial charge is 0.299 e. The van der Waals surface area contributed by atoms with Crippen molar-refractivity contribution in [1.82, 2.24) is 0 Å². The smallest absolute Gasteiger partial charge is 0.211 e. The maximum Gasteiger partial charge on any atom is 0.211 e. The molecule has 17 heavy (non-hydrogen) atoms. The number of rotatable bonds is 4. The van der Waals surface area contributed by atoms with Gasteiger partial charge in [0.1, 0.15) is 5.78 Å². The number of Topliss-reactive ketones (excluding diaryl/α,β-unsaturated/α-hetero) is 1. The highest BCUT2D eigenvalue weighted by Crippen LogP contribution is 2.35. The molecule has 1 saturated carbocycles. The monoisotopic (exact) mass is 233 g/mol. The fourth-order valence-electron chi connectivity index (χ4n) is 2.59. The Balaban J connectivity index is 2.25. The molecular weight excluding hydrogens is 218 g/mol.